The molecular formula is C3H7FN2O. The smallest absolute Gasteiger partial charge is 0.269 e. The molecule has 3 nitrogen and oxygen atoms in total. The van der Waals surface area contributed by atoms with E-state index in [0.717, 1.165) is 6.92 Å². The quantitative estimate of drug-likeness (QED) is 0.426. The first-order valence-electron chi connectivity index (χ1n) is 1.72. The molecule has 0 saturated carbocycles. The Bertz CT molecular complexity index is 85.4. The molecule has 0 heterocycles. The van der Waals surface area contributed by atoms with Gasteiger partial charge in [-0.25, -0.2) is 4.39 Å². The van der Waals surface area contributed by atoms with Crippen LogP contribution in [-0.4, -0.2) is 11.7 Å². The molecule has 42 valence electrons. The highest BCUT2D eigenvalue weighted by atomic mass is 19.1. The van der Waals surface area contributed by atoms with Crippen molar-refractivity contribution in [3.8, 4) is 0 Å². The summed E-state index contributed by atoms with van der Waals surface area (Å²) in [6.07, 6.45) is 0. The first-order chi connectivity index (χ1) is 2.94. The zero-order valence-electron chi connectivity index (χ0n) is 3.94. The van der Waals surface area contributed by atoms with Crippen molar-refractivity contribution in [3.63, 3.8) is 0 Å². The van der Waals surface area contributed by atoms with Crippen LogP contribution < -0.4 is 11.5 Å². The van der Waals surface area contributed by atoms with Crippen LogP contribution >= 0.6 is 0 Å². The highest BCUT2D eigenvalue weighted by Crippen LogP contribution is 1.95. The van der Waals surface area contributed by atoms with E-state index in [1.54, 1.807) is 0 Å². The Hall–Kier alpha value is -0.640. The second kappa shape index (κ2) is 1.46. The summed E-state index contributed by atoms with van der Waals surface area (Å²) in [6.45, 7) is 0.898. The molecule has 1 unspecified atom stereocenters. The molecule has 0 aliphatic heterocycles. The lowest BCUT2D eigenvalue weighted by Crippen LogP contribution is -2.44. The topological polar surface area (TPSA) is 69.1 Å². The van der Waals surface area contributed by atoms with E-state index >= 15 is 0 Å². The average Bonchev–Trinajstić information content (AvgIpc) is 1.31. The van der Waals surface area contributed by atoms with E-state index in [9.17, 15) is 9.18 Å². The van der Waals surface area contributed by atoms with Crippen LogP contribution in [0.5, 0.6) is 0 Å². The fraction of sp³-hybridized carbons (Fsp3) is 0.667. The fourth-order valence-electron chi connectivity index (χ4n) is 0. The maximum absolute atomic E-state index is 11.8. The standard InChI is InChI=1S/C3H7FN2O/c1-3(4,6)2(5)7/h6H2,1H3,(H2,5,7). The largest absolute Gasteiger partial charge is 0.366 e. The van der Waals surface area contributed by atoms with Gasteiger partial charge in [0.2, 0.25) is 5.79 Å². The molecule has 0 fully saturated rings. The highest BCUT2D eigenvalue weighted by Gasteiger charge is 2.22. The number of carbonyl (C=O) groups excluding carboxylic acids is 1. The fourth-order valence-corrected chi connectivity index (χ4v) is 0. The van der Waals surface area contributed by atoms with Crippen molar-refractivity contribution >= 4 is 5.91 Å². The molecule has 1 atom stereocenters. The van der Waals surface area contributed by atoms with Crippen molar-refractivity contribution in [3.05, 3.63) is 0 Å². The van der Waals surface area contributed by atoms with Gasteiger partial charge in [-0.1, -0.05) is 0 Å². The van der Waals surface area contributed by atoms with Gasteiger partial charge in [-0.05, 0) is 6.92 Å². The zero-order chi connectivity index (χ0) is 6.08. The predicted molar refractivity (Wildman–Crippen MR) is 22.9 cm³/mol. The van der Waals surface area contributed by atoms with Gasteiger partial charge in [0.15, 0.2) is 0 Å². The summed E-state index contributed by atoms with van der Waals surface area (Å²) < 4.78 is 11.8. The van der Waals surface area contributed by atoms with Gasteiger partial charge in [-0.15, -0.1) is 0 Å². The summed E-state index contributed by atoms with van der Waals surface area (Å²) in [5.74, 6) is -3.51. The van der Waals surface area contributed by atoms with E-state index in [-0.39, 0.29) is 0 Å². The number of carbonyl (C=O) groups is 1. The van der Waals surface area contributed by atoms with E-state index in [1.807, 2.05) is 0 Å². The molecule has 0 aromatic carbocycles. The minimum Gasteiger partial charge on any atom is -0.366 e. The monoisotopic (exact) mass is 106 g/mol. The second-order valence-electron chi connectivity index (χ2n) is 1.44. The van der Waals surface area contributed by atoms with Crippen LogP contribution in [0.1, 0.15) is 6.92 Å². The summed E-state index contributed by atoms with van der Waals surface area (Å²) in [5.41, 5.74) is 8.97. The Morgan fingerprint density at radius 3 is 2.00 bits per heavy atom. The number of primary amides is 1. The molecular weight excluding hydrogens is 99.0 g/mol. The molecule has 0 rings (SSSR count). The van der Waals surface area contributed by atoms with Gasteiger partial charge in [0.05, 0.1) is 0 Å². The average molecular weight is 106 g/mol. The Morgan fingerprint density at radius 2 is 2.00 bits per heavy atom. The van der Waals surface area contributed by atoms with Crippen LogP contribution in [0.4, 0.5) is 4.39 Å². The van der Waals surface area contributed by atoms with Gasteiger partial charge in [0.1, 0.15) is 0 Å². The van der Waals surface area contributed by atoms with Crippen molar-refractivity contribution in [2.75, 3.05) is 0 Å². The number of alkyl halides is 1. The minimum atomic E-state index is -2.36. The third-order valence-corrected chi connectivity index (χ3v) is 0.482. The summed E-state index contributed by atoms with van der Waals surface area (Å²) in [7, 11) is 0. The van der Waals surface area contributed by atoms with Gasteiger partial charge in [-0.3, -0.25) is 10.5 Å². The van der Waals surface area contributed by atoms with Crippen molar-refractivity contribution in [1.82, 2.24) is 0 Å². The molecule has 4 heteroatoms. The van der Waals surface area contributed by atoms with Gasteiger partial charge < -0.3 is 5.73 Å². The maximum Gasteiger partial charge on any atom is 0.269 e. The van der Waals surface area contributed by atoms with Gasteiger partial charge in [0.25, 0.3) is 5.91 Å². The van der Waals surface area contributed by atoms with E-state index in [0.29, 0.717) is 0 Å². The molecule has 0 saturated heterocycles. The molecule has 7 heavy (non-hydrogen) atoms. The zero-order valence-corrected chi connectivity index (χ0v) is 3.94. The normalized spacial score (nSPS) is 18.1. The number of halogens is 1. The van der Waals surface area contributed by atoms with Crippen molar-refractivity contribution in [1.29, 1.82) is 0 Å². The Kier molecular flexibility index (Phi) is 1.32. The molecule has 1 amide bonds. The van der Waals surface area contributed by atoms with Crippen LogP contribution in [0.25, 0.3) is 0 Å². The number of nitrogens with two attached hydrogens (primary N) is 2. The summed E-state index contributed by atoms with van der Waals surface area (Å²) in [4.78, 5) is 9.74. The lowest BCUT2D eigenvalue weighted by Gasteiger charge is -2.05. The summed E-state index contributed by atoms with van der Waals surface area (Å²) in [6, 6.07) is 0. The lowest BCUT2D eigenvalue weighted by atomic mass is 10.3. The molecule has 0 aliphatic carbocycles. The molecule has 0 bridgehead atoms. The first kappa shape index (κ1) is 6.36. The van der Waals surface area contributed by atoms with Crippen LogP contribution in [0, 0.1) is 0 Å². The highest BCUT2D eigenvalue weighted by molar-refractivity contribution is 5.81. The predicted octanol–water partition coefficient (Wildman–Crippen LogP) is -0.884. The Labute approximate surface area is 40.5 Å². The van der Waals surface area contributed by atoms with E-state index < -0.39 is 11.7 Å². The SMILES string of the molecule is CC(N)(F)C(N)=O. The molecule has 0 aliphatic rings. The van der Waals surface area contributed by atoms with Crippen LogP contribution in [0.3, 0.4) is 0 Å². The lowest BCUT2D eigenvalue weighted by molar-refractivity contribution is -0.128. The number of amides is 1. The Balaban J connectivity index is 3.79. The molecule has 0 aromatic rings. The van der Waals surface area contributed by atoms with E-state index in [4.69, 9.17) is 0 Å². The summed E-state index contributed by atoms with van der Waals surface area (Å²) >= 11 is 0. The van der Waals surface area contributed by atoms with Gasteiger partial charge >= 0.3 is 0 Å². The number of hydrogen-bond donors (Lipinski definition) is 2. The number of rotatable bonds is 1. The second-order valence-corrected chi connectivity index (χ2v) is 1.44. The van der Waals surface area contributed by atoms with E-state index in [2.05, 4.69) is 11.5 Å². The molecule has 0 aromatic heterocycles. The Morgan fingerprint density at radius 1 is 1.86 bits per heavy atom. The molecule has 4 N–H and O–H groups in total. The van der Waals surface area contributed by atoms with Crippen molar-refractivity contribution < 1.29 is 9.18 Å². The van der Waals surface area contributed by atoms with Gasteiger partial charge in [0, 0.05) is 0 Å². The van der Waals surface area contributed by atoms with Crippen LogP contribution in [0.2, 0.25) is 0 Å². The van der Waals surface area contributed by atoms with Crippen molar-refractivity contribution in [2.45, 2.75) is 12.7 Å². The third kappa shape index (κ3) is 2.11. The van der Waals surface area contributed by atoms with E-state index in [1.165, 1.54) is 0 Å². The molecule has 0 spiro atoms. The maximum atomic E-state index is 11.8. The third-order valence-electron chi connectivity index (χ3n) is 0.482. The number of hydrogen-bond acceptors (Lipinski definition) is 2. The summed E-state index contributed by atoms with van der Waals surface area (Å²) in [5, 5.41) is 0. The van der Waals surface area contributed by atoms with Crippen LogP contribution in [-0.2, 0) is 4.79 Å². The first-order valence-corrected chi connectivity index (χ1v) is 1.72. The van der Waals surface area contributed by atoms with Gasteiger partial charge in [-0.2, -0.15) is 0 Å². The van der Waals surface area contributed by atoms with Crippen LogP contribution in [0.15, 0.2) is 0 Å². The minimum absolute atomic E-state index is 0.898. The molecule has 0 radical (unpaired) electrons. The van der Waals surface area contributed by atoms with Crippen molar-refractivity contribution in [2.24, 2.45) is 11.5 Å².